The highest BCUT2D eigenvalue weighted by molar-refractivity contribution is 8.18. The molecule has 190 valence electrons. The van der Waals surface area contributed by atoms with Crippen molar-refractivity contribution in [3.05, 3.63) is 113 Å². The number of thioether (sulfide) groups is 1. The molecule has 6 heteroatoms. The number of carbonyl (C=O) groups excluding carboxylic acids is 1. The molecule has 2 fully saturated rings. The van der Waals surface area contributed by atoms with Crippen molar-refractivity contribution in [3.63, 3.8) is 0 Å². The molecule has 5 nitrogen and oxygen atoms in total. The van der Waals surface area contributed by atoms with Gasteiger partial charge in [0.15, 0.2) is 0 Å². The number of carbonyl (C=O) groups is 1. The van der Waals surface area contributed by atoms with E-state index in [1.54, 1.807) is 11.8 Å². The van der Waals surface area contributed by atoms with E-state index in [1.807, 2.05) is 42.5 Å². The largest absolute Gasteiger partial charge is 0.468 e. The minimum Gasteiger partial charge on any atom is -0.468 e. The first-order valence-electron chi connectivity index (χ1n) is 12.8. The first-order chi connectivity index (χ1) is 18.2. The van der Waals surface area contributed by atoms with Crippen LogP contribution in [0.25, 0.3) is 0 Å². The van der Waals surface area contributed by atoms with Crippen LogP contribution in [0.1, 0.15) is 24.5 Å². The van der Waals surface area contributed by atoms with E-state index in [2.05, 4.69) is 71.3 Å². The summed E-state index contributed by atoms with van der Waals surface area (Å²) in [5.41, 5.74) is 2.56. The average Bonchev–Trinajstić information content (AvgIpc) is 3.44. The number of hydrogen-bond donors (Lipinski definition) is 0. The molecule has 2 heterocycles. The lowest BCUT2D eigenvalue weighted by Crippen LogP contribution is -2.62. The Labute approximate surface area is 223 Å². The third-order valence-corrected chi connectivity index (χ3v) is 8.31. The highest BCUT2D eigenvalue weighted by atomic mass is 32.2. The van der Waals surface area contributed by atoms with E-state index >= 15 is 0 Å². The van der Waals surface area contributed by atoms with Crippen LogP contribution in [0.4, 0.5) is 5.69 Å². The van der Waals surface area contributed by atoms with Gasteiger partial charge in [-0.3, -0.25) is 14.6 Å². The second kappa shape index (κ2) is 11.5. The van der Waals surface area contributed by atoms with Crippen LogP contribution in [0.5, 0.6) is 0 Å². The number of hydrogen-bond acceptors (Lipinski definition) is 6. The Balaban J connectivity index is 1.71. The minimum absolute atomic E-state index is 0.219. The number of esters is 1. The maximum absolute atomic E-state index is 13.7. The average molecular weight is 512 g/mol. The molecule has 0 N–H and O–H groups in total. The maximum Gasteiger partial charge on any atom is 0.317 e. The van der Waals surface area contributed by atoms with Crippen LogP contribution in [0, 0.1) is 5.92 Å². The molecule has 0 bridgehead atoms. The zero-order valence-electron chi connectivity index (χ0n) is 21.4. The van der Waals surface area contributed by atoms with Gasteiger partial charge < -0.3 is 4.74 Å². The molecule has 1 spiro atoms. The van der Waals surface area contributed by atoms with Crippen molar-refractivity contribution in [2.75, 3.05) is 20.2 Å². The summed E-state index contributed by atoms with van der Waals surface area (Å²) >= 11 is 1.63. The Bertz CT molecular complexity index is 1210. The van der Waals surface area contributed by atoms with Crippen molar-refractivity contribution >= 4 is 28.5 Å². The van der Waals surface area contributed by atoms with Gasteiger partial charge >= 0.3 is 5.97 Å². The van der Waals surface area contributed by atoms with Crippen molar-refractivity contribution in [1.82, 2.24) is 9.80 Å². The van der Waals surface area contributed by atoms with E-state index in [1.165, 1.54) is 18.2 Å². The lowest BCUT2D eigenvalue weighted by atomic mass is 9.89. The van der Waals surface area contributed by atoms with E-state index in [9.17, 15) is 4.79 Å². The molecule has 1 atom stereocenters. The van der Waals surface area contributed by atoms with E-state index in [0.29, 0.717) is 13.1 Å². The Morgan fingerprint density at radius 1 is 0.919 bits per heavy atom. The van der Waals surface area contributed by atoms with Crippen LogP contribution in [-0.2, 0) is 22.6 Å². The molecule has 0 radical (unpaired) electrons. The van der Waals surface area contributed by atoms with Crippen LogP contribution in [0.15, 0.2) is 107 Å². The predicted molar refractivity (Wildman–Crippen MR) is 151 cm³/mol. The third kappa shape index (κ3) is 5.01. The van der Waals surface area contributed by atoms with Gasteiger partial charge in [0.25, 0.3) is 0 Å². The monoisotopic (exact) mass is 511 g/mol. The Morgan fingerprint density at radius 3 is 1.92 bits per heavy atom. The number of nitrogens with zero attached hydrogens (tertiary/aromatic N) is 3. The highest BCUT2D eigenvalue weighted by Crippen LogP contribution is 2.54. The fourth-order valence-electron chi connectivity index (χ4n) is 5.48. The summed E-state index contributed by atoms with van der Waals surface area (Å²) in [5, 5.41) is 0.929. The van der Waals surface area contributed by atoms with Crippen molar-refractivity contribution in [3.8, 4) is 0 Å². The summed E-state index contributed by atoms with van der Waals surface area (Å²) in [6, 6.07) is 31.0. The van der Waals surface area contributed by atoms with Gasteiger partial charge in [0, 0.05) is 31.1 Å². The summed E-state index contributed by atoms with van der Waals surface area (Å²) in [5.74, 6) is -0.705. The Morgan fingerprint density at radius 2 is 1.43 bits per heavy atom. The van der Waals surface area contributed by atoms with Crippen molar-refractivity contribution in [2.45, 2.75) is 32.1 Å². The zero-order valence-corrected chi connectivity index (χ0v) is 22.2. The van der Waals surface area contributed by atoms with Gasteiger partial charge in [-0.05, 0) is 29.7 Å². The Kier molecular flexibility index (Phi) is 7.89. The van der Waals surface area contributed by atoms with Gasteiger partial charge in [-0.15, -0.1) is 0 Å². The number of allylic oxidation sites excluding steroid dienone is 1. The standard InChI is InChI=1S/C31H33N3O2S/c1-3-13-27-28(29(35)36-2)31(30(37-27)32-26-18-11-6-12-19-26)33(22-24-14-7-4-8-15-24)20-21-34(31)23-25-16-9-5-10-17-25/h4-19,28H,3,20-23H2,1-2H3/b27-13+,32-30?. The molecule has 0 saturated carbocycles. The number of benzene rings is 3. The molecule has 0 amide bonds. The third-order valence-electron chi connectivity index (χ3n) is 7.08. The smallest absolute Gasteiger partial charge is 0.317 e. The Hall–Kier alpha value is -3.19. The van der Waals surface area contributed by atoms with Crippen LogP contribution in [0.3, 0.4) is 0 Å². The number of aliphatic imine (C=N–C) groups is 1. The summed E-state index contributed by atoms with van der Waals surface area (Å²) in [6.45, 7) is 5.19. The molecule has 5 rings (SSSR count). The van der Waals surface area contributed by atoms with E-state index in [4.69, 9.17) is 9.73 Å². The fourth-order valence-corrected chi connectivity index (χ4v) is 7.01. The second-order valence-electron chi connectivity index (χ2n) is 9.37. The van der Waals surface area contributed by atoms with Crippen molar-refractivity contribution in [1.29, 1.82) is 0 Å². The molecular weight excluding hydrogens is 478 g/mol. The number of ether oxygens (including phenoxy) is 1. The SMILES string of the molecule is CC/C=C1/SC(=Nc2ccccc2)C2(C1C(=O)OC)N(Cc1ccccc1)CCN2Cc1ccccc1. The van der Waals surface area contributed by atoms with Gasteiger partial charge in [0.05, 0.1) is 12.8 Å². The molecular formula is C31H33N3O2S. The molecule has 2 aliphatic rings. The lowest BCUT2D eigenvalue weighted by molar-refractivity contribution is -0.150. The van der Waals surface area contributed by atoms with Gasteiger partial charge in [0.2, 0.25) is 0 Å². The molecule has 3 aromatic carbocycles. The second-order valence-corrected chi connectivity index (χ2v) is 10.4. The first-order valence-corrected chi connectivity index (χ1v) is 13.7. The van der Waals surface area contributed by atoms with Crippen LogP contribution in [0.2, 0.25) is 0 Å². The van der Waals surface area contributed by atoms with Crippen LogP contribution in [-0.4, -0.2) is 46.7 Å². The molecule has 3 aromatic rings. The van der Waals surface area contributed by atoms with Crippen molar-refractivity contribution < 1.29 is 9.53 Å². The van der Waals surface area contributed by atoms with E-state index in [-0.39, 0.29) is 5.97 Å². The summed E-state index contributed by atoms with van der Waals surface area (Å²) in [7, 11) is 1.49. The molecule has 0 aromatic heterocycles. The number of para-hydroxylation sites is 1. The molecule has 37 heavy (non-hydrogen) atoms. The van der Waals surface area contributed by atoms with Gasteiger partial charge in [-0.2, -0.15) is 0 Å². The van der Waals surface area contributed by atoms with Gasteiger partial charge in [-0.1, -0.05) is 104 Å². The summed E-state index contributed by atoms with van der Waals surface area (Å²) in [4.78, 5) is 24.8. The molecule has 1 unspecified atom stereocenters. The zero-order chi connectivity index (χ0) is 25.7. The van der Waals surface area contributed by atoms with E-state index in [0.717, 1.165) is 35.1 Å². The highest BCUT2D eigenvalue weighted by Gasteiger charge is 2.64. The van der Waals surface area contributed by atoms with Crippen LogP contribution >= 0.6 is 11.8 Å². The normalized spacial score (nSPS) is 21.7. The fraction of sp³-hybridized carbons (Fsp3) is 0.290. The topological polar surface area (TPSA) is 45.1 Å². The lowest BCUT2D eigenvalue weighted by Gasteiger charge is -2.44. The first kappa shape index (κ1) is 25.5. The summed E-state index contributed by atoms with van der Waals surface area (Å²) in [6.07, 6.45) is 3.00. The quantitative estimate of drug-likeness (QED) is 0.350. The minimum atomic E-state index is -0.750. The molecule has 0 aliphatic carbocycles. The predicted octanol–water partition coefficient (Wildman–Crippen LogP) is 6.26. The molecule has 2 saturated heterocycles. The molecule has 2 aliphatic heterocycles. The van der Waals surface area contributed by atoms with E-state index < -0.39 is 11.6 Å². The van der Waals surface area contributed by atoms with Crippen LogP contribution < -0.4 is 0 Å². The van der Waals surface area contributed by atoms with Gasteiger partial charge in [0.1, 0.15) is 16.6 Å². The van der Waals surface area contributed by atoms with Gasteiger partial charge in [-0.25, -0.2) is 4.99 Å². The summed E-state index contributed by atoms with van der Waals surface area (Å²) < 4.78 is 5.49. The van der Waals surface area contributed by atoms with Crippen molar-refractivity contribution in [2.24, 2.45) is 10.9 Å². The maximum atomic E-state index is 13.7. The number of rotatable bonds is 7. The number of methoxy groups -OCH3 is 1.